The molecule has 2 rings (SSSR count). The standard InChI is InChI=1S/C15H23NO2/c1-12-5-6-13(2)15(9-12)18-11-14(17)10-16-7-3-4-8-16/h5-6,9,14,17H,3-4,7-8,10-11H2,1-2H3/t14-/m0/s1. The van der Waals surface area contributed by atoms with Gasteiger partial charge in [0, 0.05) is 6.54 Å². The lowest BCUT2D eigenvalue weighted by Gasteiger charge is -2.20. The Bertz CT molecular complexity index is 386. The zero-order valence-corrected chi connectivity index (χ0v) is 11.4. The predicted octanol–water partition coefficient (Wildman–Crippen LogP) is 2.14. The molecule has 0 spiro atoms. The SMILES string of the molecule is Cc1ccc(C)c(OC[C@@H](O)CN2CCCC2)c1. The molecular weight excluding hydrogens is 226 g/mol. The van der Waals surface area contributed by atoms with Crippen LogP contribution in [-0.2, 0) is 0 Å². The number of ether oxygens (including phenoxy) is 1. The first-order valence-corrected chi connectivity index (χ1v) is 6.75. The lowest BCUT2D eigenvalue weighted by atomic mass is 10.1. The van der Waals surface area contributed by atoms with Crippen LogP contribution in [0.3, 0.4) is 0 Å². The molecule has 0 amide bonds. The maximum absolute atomic E-state index is 9.96. The molecule has 0 bridgehead atoms. The van der Waals surface area contributed by atoms with Crippen molar-refractivity contribution in [1.82, 2.24) is 4.90 Å². The predicted molar refractivity (Wildman–Crippen MR) is 73.1 cm³/mol. The average molecular weight is 249 g/mol. The summed E-state index contributed by atoms with van der Waals surface area (Å²) < 4.78 is 5.71. The van der Waals surface area contributed by atoms with Gasteiger partial charge in [0.25, 0.3) is 0 Å². The number of benzene rings is 1. The Hall–Kier alpha value is -1.06. The van der Waals surface area contributed by atoms with E-state index in [-0.39, 0.29) is 0 Å². The van der Waals surface area contributed by atoms with Gasteiger partial charge >= 0.3 is 0 Å². The number of aliphatic hydroxyl groups is 1. The van der Waals surface area contributed by atoms with Crippen LogP contribution in [0.2, 0.25) is 0 Å². The molecule has 1 aromatic rings. The van der Waals surface area contributed by atoms with Crippen molar-refractivity contribution >= 4 is 0 Å². The second-order valence-corrected chi connectivity index (χ2v) is 5.24. The van der Waals surface area contributed by atoms with Gasteiger partial charge in [-0.1, -0.05) is 12.1 Å². The van der Waals surface area contributed by atoms with Crippen LogP contribution in [0.4, 0.5) is 0 Å². The molecule has 0 aliphatic carbocycles. The third kappa shape index (κ3) is 3.72. The van der Waals surface area contributed by atoms with Crippen molar-refractivity contribution in [1.29, 1.82) is 0 Å². The average Bonchev–Trinajstić information content (AvgIpc) is 2.83. The molecular formula is C15H23NO2. The minimum absolute atomic E-state index is 0.376. The number of likely N-dealkylation sites (tertiary alicyclic amines) is 1. The van der Waals surface area contributed by atoms with Gasteiger partial charge < -0.3 is 14.7 Å². The van der Waals surface area contributed by atoms with Crippen molar-refractivity contribution < 1.29 is 9.84 Å². The molecule has 3 nitrogen and oxygen atoms in total. The normalized spacial score (nSPS) is 17.9. The van der Waals surface area contributed by atoms with Crippen molar-refractivity contribution in [2.75, 3.05) is 26.2 Å². The number of β-amino-alcohol motifs (C(OH)–C–C–N with tert-alkyl or cyclic N) is 1. The number of aliphatic hydroxyl groups excluding tert-OH is 1. The summed E-state index contributed by atoms with van der Waals surface area (Å²) in [5.74, 6) is 0.885. The Morgan fingerprint density at radius 3 is 2.72 bits per heavy atom. The van der Waals surface area contributed by atoms with E-state index < -0.39 is 6.10 Å². The highest BCUT2D eigenvalue weighted by molar-refractivity contribution is 5.35. The number of aryl methyl sites for hydroxylation is 2. The Morgan fingerprint density at radius 2 is 2.00 bits per heavy atom. The molecule has 1 N–H and O–H groups in total. The summed E-state index contributed by atoms with van der Waals surface area (Å²) in [5.41, 5.74) is 2.30. The first kappa shape index (κ1) is 13.4. The van der Waals surface area contributed by atoms with E-state index in [1.165, 1.54) is 18.4 Å². The van der Waals surface area contributed by atoms with Crippen LogP contribution in [0.25, 0.3) is 0 Å². The Labute approximate surface area is 109 Å². The Kier molecular flexibility index (Phi) is 4.61. The van der Waals surface area contributed by atoms with E-state index in [1.807, 2.05) is 19.9 Å². The van der Waals surface area contributed by atoms with Gasteiger partial charge in [-0.3, -0.25) is 0 Å². The van der Waals surface area contributed by atoms with Crippen molar-refractivity contribution in [3.8, 4) is 5.75 Å². The van der Waals surface area contributed by atoms with Gasteiger partial charge in [-0.05, 0) is 57.0 Å². The summed E-state index contributed by atoms with van der Waals surface area (Å²) in [4.78, 5) is 2.30. The van der Waals surface area contributed by atoms with Crippen LogP contribution in [0.5, 0.6) is 5.75 Å². The van der Waals surface area contributed by atoms with Gasteiger partial charge in [0.15, 0.2) is 0 Å². The topological polar surface area (TPSA) is 32.7 Å². The Balaban J connectivity index is 1.81. The lowest BCUT2D eigenvalue weighted by Crippen LogP contribution is -2.33. The highest BCUT2D eigenvalue weighted by Gasteiger charge is 2.16. The zero-order chi connectivity index (χ0) is 13.0. The summed E-state index contributed by atoms with van der Waals surface area (Å²) in [7, 11) is 0. The summed E-state index contributed by atoms with van der Waals surface area (Å²) in [6.45, 7) is 7.40. The molecule has 100 valence electrons. The molecule has 1 fully saturated rings. The monoisotopic (exact) mass is 249 g/mol. The minimum atomic E-state index is -0.400. The first-order valence-electron chi connectivity index (χ1n) is 6.75. The highest BCUT2D eigenvalue weighted by atomic mass is 16.5. The molecule has 1 saturated heterocycles. The molecule has 3 heteroatoms. The molecule has 0 aromatic heterocycles. The van der Waals surface area contributed by atoms with E-state index in [4.69, 9.17) is 4.74 Å². The third-order valence-electron chi connectivity index (χ3n) is 3.44. The van der Waals surface area contributed by atoms with Crippen LogP contribution < -0.4 is 4.74 Å². The van der Waals surface area contributed by atoms with Crippen LogP contribution in [0, 0.1) is 13.8 Å². The Morgan fingerprint density at radius 1 is 1.28 bits per heavy atom. The highest BCUT2D eigenvalue weighted by Crippen LogP contribution is 2.19. The first-order chi connectivity index (χ1) is 8.65. The maximum atomic E-state index is 9.96. The summed E-state index contributed by atoms with van der Waals surface area (Å²) in [6, 6.07) is 6.15. The molecule has 0 unspecified atom stereocenters. The van der Waals surface area contributed by atoms with Crippen LogP contribution in [0.15, 0.2) is 18.2 Å². The summed E-state index contributed by atoms with van der Waals surface area (Å²) in [6.07, 6.45) is 2.11. The smallest absolute Gasteiger partial charge is 0.122 e. The summed E-state index contributed by atoms with van der Waals surface area (Å²) in [5, 5.41) is 9.96. The van der Waals surface area contributed by atoms with Crippen molar-refractivity contribution in [2.24, 2.45) is 0 Å². The van der Waals surface area contributed by atoms with E-state index in [0.717, 1.165) is 30.9 Å². The van der Waals surface area contributed by atoms with Crippen LogP contribution >= 0.6 is 0 Å². The molecule has 1 aliphatic rings. The van der Waals surface area contributed by atoms with E-state index in [9.17, 15) is 5.11 Å². The zero-order valence-electron chi connectivity index (χ0n) is 11.4. The van der Waals surface area contributed by atoms with E-state index >= 15 is 0 Å². The molecule has 0 saturated carbocycles. The summed E-state index contributed by atoms with van der Waals surface area (Å²) >= 11 is 0. The molecule has 1 aromatic carbocycles. The fraction of sp³-hybridized carbons (Fsp3) is 0.600. The van der Waals surface area contributed by atoms with Gasteiger partial charge in [-0.15, -0.1) is 0 Å². The number of nitrogens with zero attached hydrogens (tertiary/aromatic N) is 1. The maximum Gasteiger partial charge on any atom is 0.122 e. The largest absolute Gasteiger partial charge is 0.491 e. The molecule has 1 aliphatic heterocycles. The van der Waals surface area contributed by atoms with Gasteiger partial charge in [0.2, 0.25) is 0 Å². The second-order valence-electron chi connectivity index (χ2n) is 5.24. The minimum Gasteiger partial charge on any atom is -0.491 e. The fourth-order valence-electron chi connectivity index (χ4n) is 2.36. The molecule has 1 atom stereocenters. The second kappa shape index (κ2) is 6.21. The molecule has 0 radical (unpaired) electrons. The molecule has 1 heterocycles. The van der Waals surface area contributed by atoms with Crippen LogP contribution in [0.1, 0.15) is 24.0 Å². The van der Waals surface area contributed by atoms with E-state index in [1.54, 1.807) is 0 Å². The van der Waals surface area contributed by atoms with Gasteiger partial charge in [0.05, 0.1) is 0 Å². The lowest BCUT2D eigenvalue weighted by molar-refractivity contribution is 0.0755. The van der Waals surface area contributed by atoms with E-state index in [2.05, 4.69) is 17.0 Å². The van der Waals surface area contributed by atoms with Crippen molar-refractivity contribution in [3.63, 3.8) is 0 Å². The number of rotatable bonds is 5. The van der Waals surface area contributed by atoms with E-state index in [0.29, 0.717) is 6.61 Å². The third-order valence-corrected chi connectivity index (χ3v) is 3.44. The number of hydrogen-bond acceptors (Lipinski definition) is 3. The van der Waals surface area contributed by atoms with Gasteiger partial charge in [-0.2, -0.15) is 0 Å². The van der Waals surface area contributed by atoms with Crippen molar-refractivity contribution in [3.05, 3.63) is 29.3 Å². The van der Waals surface area contributed by atoms with Crippen LogP contribution in [-0.4, -0.2) is 42.4 Å². The van der Waals surface area contributed by atoms with Gasteiger partial charge in [0.1, 0.15) is 18.5 Å². The number of hydrogen-bond donors (Lipinski definition) is 1. The fourth-order valence-corrected chi connectivity index (χ4v) is 2.36. The van der Waals surface area contributed by atoms with Gasteiger partial charge in [-0.25, -0.2) is 0 Å². The molecule has 18 heavy (non-hydrogen) atoms. The van der Waals surface area contributed by atoms with Crippen molar-refractivity contribution in [2.45, 2.75) is 32.8 Å². The quantitative estimate of drug-likeness (QED) is 0.868.